The minimum atomic E-state index is -0.169. The lowest BCUT2D eigenvalue weighted by Gasteiger charge is -2.20. The molecule has 0 spiro atoms. The van der Waals surface area contributed by atoms with Crippen LogP contribution < -0.4 is 10.6 Å². The van der Waals surface area contributed by atoms with E-state index in [-0.39, 0.29) is 24.6 Å². The summed E-state index contributed by atoms with van der Waals surface area (Å²) in [6.07, 6.45) is 3.91. The Hall–Kier alpha value is -0.610. The van der Waals surface area contributed by atoms with Crippen molar-refractivity contribution in [3.8, 4) is 0 Å². The zero-order chi connectivity index (χ0) is 14.0. The molecule has 3 atom stereocenters. The molecule has 3 unspecified atom stereocenters. The summed E-state index contributed by atoms with van der Waals surface area (Å²) in [6, 6.07) is 0.0724. The maximum Gasteiger partial charge on any atom is 0.237 e. The third-order valence-corrected chi connectivity index (χ3v) is 3.33. The monoisotopic (exact) mass is 258 g/mol. The second-order valence-corrected chi connectivity index (χ2v) is 5.11. The van der Waals surface area contributed by atoms with E-state index in [2.05, 4.69) is 24.5 Å². The highest BCUT2D eigenvalue weighted by Gasteiger charge is 2.15. The van der Waals surface area contributed by atoms with Crippen molar-refractivity contribution in [1.29, 1.82) is 0 Å². The van der Waals surface area contributed by atoms with Gasteiger partial charge in [0.05, 0.1) is 6.04 Å². The molecule has 0 aromatic carbocycles. The number of rotatable bonds is 10. The average Bonchev–Trinajstić information content (AvgIpc) is 2.34. The molecule has 0 heterocycles. The fourth-order valence-corrected chi connectivity index (χ4v) is 1.94. The first-order valence-corrected chi connectivity index (χ1v) is 7.19. The summed E-state index contributed by atoms with van der Waals surface area (Å²) in [6.45, 7) is 9.15. The van der Waals surface area contributed by atoms with Gasteiger partial charge in [-0.2, -0.15) is 0 Å². The Bertz CT molecular complexity index is 222. The molecule has 0 saturated carbocycles. The number of nitrogens with one attached hydrogen (secondary N) is 2. The molecule has 4 heteroatoms. The van der Waals surface area contributed by atoms with Crippen LogP contribution in [0.4, 0.5) is 0 Å². The molecule has 0 saturated heterocycles. The molecule has 0 bridgehead atoms. The van der Waals surface area contributed by atoms with E-state index in [1.165, 1.54) is 0 Å². The lowest BCUT2D eigenvalue weighted by Crippen LogP contribution is -2.46. The van der Waals surface area contributed by atoms with Gasteiger partial charge in [-0.15, -0.1) is 0 Å². The van der Waals surface area contributed by atoms with Gasteiger partial charge in [0.1, 0.15) is 0 Å². The Morgan fingerprint density at radius 3 is 2.39 bits per heavy atom. The minimum Gasteiger partial charge on any atom is -0.396 e. The van der Waals surface area contributed by atoms with Crippen molar-refractivity contribution in [2.24, 2.45) is 5.92 Å². The summed E-state index contributed by atoms with van der Waals surface area (Å²) in [5.74, 6) is 0.508. The predicted octanol–water partition coefficient (Wildman–Crippen LogP) is 1.68. The Balaban J connectivity index is 3.92. The molecule has 0 aliphatic heterocycles. The van der Waals surface area contributed by atoms with Gasteiger partial charge in [-0.05, 0) is 39.2 Å². The largest absolute Gasteiger partial charge is 0.396 e. The molecule has 3 N–H and O–H groups in total. The molecule has 0 fully saturated rings. The highest BCUT2D eigenvalue weighted by atomic mass is 16.3. The third-order valence-electron chi connectivity index (χ3n) is 3.33. The van der Waals surface area contributed by atoms with E-state index in [4.69, 9.17) is 5.11 Å². The third kappa shape index (κ3) is 7.67. The van der Waals surface area contributed by atoms with Gasteiger partial charge in [0.15, 0.2) is 0 Å². The van der Waals surface area contributed by atoms with Gasteiger partial charge in [-0.1, -0.05) is 26.7 Å². The quantitative estimate of drug-likeness (QED) is 0.559. The second kappa shape index (κ2) is 10.3. The van der Waals surface area contributed by atoms with Crippen molar-refractivity contribution in [1.82, 2.24) is 10.6 Å². The van der Waals surface area contributed by atoms with Crippen LogP contribution in [0.15, 0.2) is 0 Å². The summed E-state index contributed by atoms with van der Waals surface area (Å²) < 4.78 is 0. The van der Waals surface area contributed by atoms with Crippen LogP contribution in [0.1, 0.15) is 53.4 Å². The molecule has 0 rings (SSSR count). The topological polar surface area (TPSA) is 61.4 Å². The van der Waals surface area contributed by atoms with E-state index in [0.29, 0.717) is 5.92 Å². The molecule has 0 aliphatic carbocycles. The van der Waals surface area contributed by atoms with Crippen LogP contribution in [0.25, 0.3) is 0 Å². The smallest absolute Gasteiger partial charge is 0.237 e. The zero-order valence-corrected chi connectivity index (χ0v) is 12.3. The zero-order valence-electron chi connectivity index (χ0n) is 12.3. The van der Waals surface area contributed by atoms with Gasteiger partial charge < -0.3 is 15.7 Å². The summed E-state index contributed by atoms with van der Waals surface area (Å²) in [7, 11) is 0. The molecule has 4 nitrogen and oxygen atoms in total. The standard InChI is InChI=1S/C14H30N2O2/c1-5-7-11(3)16-14(18)12(4)15-10-13(6-2)8-9-17/h11-13,15,17H,5-10H2,1-4H3,(H,16,18). The van der Waals surface area contributed by atoms with Crippen molar-refractivity contribution >= 4 is 5.91 Å². The molecule has 18 heavy (non-hydrogen) atoms. The number of hydrogen-bond donors (Lipinski definition) is 3. The van der Waals surface area contributed by atoms with Crippen LogP contribution in [0.3, 0.4) is 0 Å². The lowest BCUT2D eigenvalue weighted by atomic mass is 10.0. The first kappa shape index (κ1) is 17.4. The average molecular weight is 258 g/mol. The van der Waals surface area contributed by atoms with Crippen LogP contribution in [0, 0.1) is 5.92 Å². The molecule has 0 aliphatic rings. The van der Waals surface area contributed by atoms with Crippen molar-refractivity contribution in [2.45, 2.75) is 65.5 Å². The van der Waals surface area contributed by atoms with Crippen molar-refractivity contribution in [2.75, 3.05) is 13.2 Å². The van der Waals surface area contributed by atoms with Crippen molar-refractivity contribution in [3.63, 3.8) is 0 Å². The van der Waals surface area contributed by atoms with Crippen LogP contribution in [0.5, 0.6) is 0 Å². The molecule has 1 amide bonds. The highest BCUT2D eigenvalue weighted by Crippen LogP contribution is 2.06. The van der Waals surface area contributed by atoms with E-state index < -0.39 is 0 Å². The predicted molar refractivity (Wildman–Crippen MR) is 75.5 cm³/mol. The second-order valence-electron chi connectivity index (χ2n) is 5.11. The first-order valence-electron chi connectivity index (χ1n) is 7.19. The Morgan fingerprint density at radius 2 is 1.89 bits per heavy atom. The summed E-state index contributed by atoms with van der Waals surface area (Å²) in [4.78, 5) is 11.9. The SMILES string of the molecule is CCCC(C)NC(=O)C(C)NCC(CC)CCO. The number of carbonyl (C=O) groups excluding carboxylic acids is 1. The van der Waals surface area contributed by atoms with Crippen LogP contribution >= 0.6 is 0 Å². The van der Waals surface area contributed by atoms with E-state index >= 15 is 0 Å². The maximum absolute atomic E-state index is 11.9. The number of aliphatic hydroxyl groups excluding tert-OH is 1. The van der Waals surface area contributed by atoms with Crippen molar-refractivity contribution in [3.05, 3.63) is 0 Å². The Morgan fingerprint density at radius 1 is 1.22 bits per heavy atom. The van der Waals surface area contributed by atoms with E-state index in [1.807, 2.05) is 13.8 Å². The molecular formula is C14H30N2O2. The number of hydrogen-bond acceptors (Lipinski definition) is 3. The minimum absolute atomic E-state index is 0.0646. The van der Waals surface area contributed by atoms with Gasteiger partial charge in [-0.3, -0.25) is 4.79 Å². The van der Waals surface area contributed by atoms with Crippen LogP contribution in [-0.2, 0) is 4.79 Å². The van der Waals surface area contributed by atoms with Gasteiger partial charge in [0.25, 0.3) is 0 Å². The number of carbonyl (C=O) groups is 1. The van der Waals surface area contributed by atoms with E-state index in [0.717, 1.165) is 32.2 Å². The fourth-order valence-electron chi connectivity index (χ4n) is 1.94. The van der Waals surface area contributed by atoms with E-state index in [1.54, 1.807) is 0 Å². The lowest BCUT2D eigenvalue weighted by molar-refractivity contribution is -0.123. The fraction of sp³-hybridized carbons (Fsp3) is 0.929. The van der Waals surface area contributed by atoms with Gasteiger partial charge in [0, 0.05) is 12.6 Å². The summed E-state index contributed by atoms with van der Waals surface area (Å²) >= 11 is 0. The number of aliphatic hydroxyl groups is 1. The Labute approximate surface area is 112 Å². The molecule has 108 valence electrons. The normalized spacial score (nSPS) is 16.1. The van der Waals surface area contributed by atoms with Crippen LogP contribution in [0.2, 0.25) is 0 Å². The van der Waals surface area contributed by atoms with Gasteiger partial charge >= 0.3 is 0 Å². The summed E-state index contributed by atoms with van der Waals surface area (Å²) in [5.41, 5.74) is 0. The van der Waals surface area contributed by atoms with Gasteiger partial charge in [-0.25, -0.2) is 0 Å². The molecule has 0 radical (unpaired) electrons. The van der Waals surface area contributed by atoms with Crippen LogP contribution in [-0.4, -0.2) is 36.2 Å². The number of amides is 1. The maximum atomic E-state index is 11.9. The first-order chi connectivity index (χ1) is 8.54. The Kier molecular flexibility index (Phi) is 9.98. The molecular weight excluding hydrogens is 228 g/mol. The van der Waals surface area contributed by atoms with Gasteiger partial charge in [0.2, 0.25) is 5.91 Å². The highest BCUT2D eigenvalue weighted by molar-refractivity contribution is 5.81. The molecule has 0 aromatic heterocycles. The summed E-state index contributed by atoms with van der Waals surface area (Å²) in [5, 5.41) is 15.2. The van der Waals surface area contributed by atoms with Crippen molar-refractivity contribution < 1.29 is 9.90 Å². The molecule has 0 aromatic rings. The van der Waals surface area contributed by atoms with E-state index in [9.17, 15) is 4.79 Å².